The SMILES string of the molecule is Cc1ccc(OCc2csc(C(=O)Nc3cnn(Cc4ccccc4F)c3)c2)c(C)c1. The lowest BCUT2D eigenvalue weighted by molar-refractivity contribution is 0.103. The van der Waals surface area contributed by atoms with E-state index in [9.17, 15) is 9.18 Å². The van der Waals surface area contributed by atoms with E-state index in [2.05, 4.69) is 16.5 Å². The number of amides is 1. The van der Waals surface area contributed by atoms with Crippen LogP contribution in [0.3, 0.4) is 0 Å². The van der Waals surface area contributed by atoms with E-state index in [1.165, 1.54) is 23.0 Å². The van der Waals surface area contributed by atoms with Gasteiger partial charge in [-0.05, 0) is 43.0 Å². The Morgan fingerprint density at radius 3 is 2.84 bits per heavy atom. The highest BCUT2D eigenvalue weighted by molar-refractivity contribution is 7.12. The fourth-order valence-corrected chi connectivity index (χ4v) is 3.99. The Labute approximate surface area is 184 Å². The summed E-state index contributed by atoms with van der Waals surface area (Å²) in [5.41, 5.74) is 4.31. The molecule has 2 aromatic carbocycles. The van der Waals surface area contributed by atoms with Gasteiger partial charge in [0.1, 0.15) is 18.2 Å². The maximum absolute atomic E-state index is 13.8. The highest BCUT2D eigenvalue weighted by Gasteiger charge is 2.12. The summed E-state index contributed by atoms with van der Waals surface area (Å²) in [6.45, 7) is 4.75. The first-order valence-electron chi connectivity index (χ1n) is 9.82. The van der Waals surface area contributed by atoms with Crippen LogP contribution in [0.25, 0.3) is 0 Å². The first-order chi connectivity index (χ1) is 15.0. The summed E-state index contributed by atoms with van der Waals surface area (Å²) >= 11 is 1.36. The van der Waals surface area contributed by atoms with E-state index in [0.29, 0.717) is 29.3 Å². The molecule has 158 valence electrons. The molecule has 0 fully saturated rings. The lowest BCUT2D eigenvalue weighted by Gasteiger charge is -2.08. The van der Waals surface area contributed by atoms with Crippen LogP contribution < -0.4 is 10.1 Å². The van der Waals surface area contributed by atoms with Gasteiger partial charge in [0.05, 0.1) is 23.3 Å². The third-order valence-electron chi connectivity index (χ3n) is 4.78. The second-order valence-corrected chi connectivity index (χ2v) is 8.26. The maximum atomic E-state index is 13.8. The van der Waals surface area contributed by atoms with Gasteiger partial charge < -0.3 is 10.1 Å². The maximum Gasteiger partial charge on any atom is 0.265 e. The smallest absolute Gasteiger partial charge is 0.265 e. The van der Waals surface area contributed by atoms with Crippen molar-refractivity contribution in [3.63, 3.8) is 0 Å². The fraction of sp³-hybridized carbons (Fsp3) is 0.167. The van der Waals surface area contributed by atoms with Crippen LogP contribution in [-0.4, -0.2) is 15.7 Å². The minimum absolute atomic E-state index is 0.215. The molecule has 0 bridgehead atoms. The number of hydrogen-bond acceptors (Lipinski definition) is 4. The van der Waals surface area contributed by atoms with Gasteiger partial charge in [-0.25, -0.2) is 4.39 Å². The van der Waals surface area contributed by atoms with Gasteiger partial charge in [-0.3, -0.25) is 9.48 Å². The van der Waals surface area contributed by atoms with Gasteiger partial charge in [0, 0.05) is 17.3 Å². The third-order valence-corrected chi connectivity index (χ3v) is 5.76. The van der Waals surface area contributed by atoms with Crippen LogP contribution in [0.2, 0.25) is 0 Å². The molecule has 31 heavy (non-hydrogen) atoms. The number of ether oxygens (including phenoxy) is 1. The molecule has 1 amide bonds. The Hall–Kier alpha value is -3.45. The van der Waals surface area contributed by atoms with E-state index in [-0.39, 0.29) is 11.7 Å². The number of benzene rings is 2. The molecule has 0 aliphatic heterocycles. The van der Waals surface area contributed by atoms with Crippen LogP contribution >= 0.6 is 11.3 Å². The number of halogens is 1. The van der Waals surface area contributed by atoms with Crippen molar-refractivity contribution in [2.75, 3.05) is 5.32 Å². The summed E-state index contributed by atoms with van der Waals surface area (Å²) in [5.74, 6) is 0.344. The molecule has 5 nitrogen and oxygen atoms in total. The Morgan fingerprint density at radius 1 is 1.19 bits per heavy atom. The van der Waals surface area contributed by atoms with Crippen molar-refractivity contribution in [2.45, 2.75) is 27.0 Å². The molecule has 0 atom stereocenters. The zero-order chi connectivity index (χ0) is 21.8. The van der Waals surface area contributed by atoms with Gasteiger partial charge in [-0.1, -0.05) is 35.9 Å². The van der Waals surface area contributed by atoms with E-state index in [1.54, 1.807) is 35.3 Å². The van der Waals surface area contributed by atoms with Crippen molar-refractivity contribution in [3.05, 3.63) is 99.3 Å². The number of thiophene rings is 1. The molecule has 0 radical (unpaired) electrons. The largest absolute Gasteiger partial charge is 0.489 e. The molecule has 0 aliphatic rings. The van der Waals surface area contributed by atoms with Crippen molar-refractivity contribution < 1.29 is 13.9 Å². The van der Waals surface area contributed by atoms with Crippen LogP contribution in [0.4, 0.5) is 10.1 Å². The van der Waals surface area contributed by atoms with E-state index in [0.717, 1.165) is 16.9 Å². The summed E-state index contributed by atoms with van der Waals surface area (Å²) < 4.78 is 21.3. The van der Waals surface area contributed by atoms with Crippen molar-refractivity contribution >= 4 is 22.9 Å². The molecule has 0 aliphatic carbocycles. The van der Waals surface area contributed by atoms with E-state index in [4.69, 9.17) is 4.74 Å². The average molecular weight is 436 g/mol. The van der Waals surface area contributed by atoms with Crippen molar-refractivity contribution in [2.24, 2.45) is 0 Å². The van der Waals surface area contributed by atoms with E-state index in [1.807, 2.05) is 37.4 Å². The van der Waals surface area contributed by atoms with E-state index >= 15 is 0 Å². The van der Waals surface area contributed by atoms with Gasteiger partial charge in [0.15, 0.2) is 0 Å². The number of carbonyl (C=O) groups is 1. The molecular formula is C24H22FN3O2S. The second-order valence-electron chi connectivity index (χ2n) is 7.35. The minimum Gasteiger partial charge on any atom is -0.489 e. The lowest BCUT2D eigenvalue weighted by Crippen LogP contribution is -2.09. The van der Waals surface area contributed by atoms with Crippen LogP contribution in [0.5, 0.6) is 5.75 Å². The highest BCUT2D eigenvalue weighted by atomic mass is 32.1. The fourth-order valence-electron chi connectivity index (χ4n) is 3.20. The molecule has 0 saturated heterocycles. The molecule has 2 aromatic heterocycles. The molecule has 0 saturated carbocycles. The van der Waals surface area contributed by atoms with Crippen molar-refractivity contribution in [1.29, 1.82) is 0 Å². The number of carbonyl (C=O) groups excluding carboxylic acids is 1. The predicted octanol–water partition coefficient (Wildman–Crippen LogP) is 5.58. The summed E-state index contributed by atoms with van der Waals surface area (Å²) in [6.07, 6.45) is 3.23. The van der Waals surface area contributed by atoms with Crippen LogP contribution in [0, 0.1) is 19.7 Å². The Kier molecular flexibility index (Phi) is 6.13. The zero-order valence-corrected chi connectivity index (χ0v) is 18.1. The average Bonchev–Trinajstić information content (AvgIpc) is 3.39. The van der Waals surface area contributed by atoms with Gasteiger partial charge in [-0.2, -0.15) is 5.10 Å². The Bertz CT molecular complexity index is 1220. The number of hydrogen-bond donors (Lipinski definition) is 1. The molecule has 4 rings (SSSR count). The lowest BCUT2D eigenvalue weighted by atomic mass is 10.1. The number of nitrogens with one attached hydrogen (secondary N) is 1. The number of anilines is 1. The van der Waals surface area contributed by atoms with Gasteiger partial charge in [0.2, 0.25) is 0 Å². The monoisotopic (exact) mass is 435 g/mol. The molecule has 1 N–H and O–H groups in total. The number of aromatic nitrogens is 2. The quantitative estimate of drug-likeness (QED) is 0.412. The predicted molar refractivity (Wildman–Crippen MR) is 120 cm³/mol. The van der Waals surface area contributed by atoms with Gasteiger partial charge in [-0.15, -0.1) is 11.3 Å². The summed E-state index contributed by atoms with van der Waals surface area (Å²) in [6, 6.07) is 14.4. The topological polar surface area (TPSA) is 56.1 Å². The summed E-state index contributed by atoms with van der Waals surface area (Å²) in [7, 11) is 0. The zero-order valence-electron chi connectivity index (χ0n) is 17.3. The molecule has 7 heteroatoms. The highest BCUT2D eigenvalue weighted by Crippen LogP contribution is 2.22. The minimum atomic E-state index is -0.280. The third kappa shape index (κ3) is 5.19. The second kappa shape index (κ2) is 9.14. The van der Waals surface area contributed by atoms with Gasteiger partial charge >= 0.3 is 0 Å². The molecule has 4 aromatic rings. The first-order valence-corrected chi connectivity index (χ1v) is 10.7. The number of aryl methyl sites for hydroxylation is 2. The number of rotatable bonds is 7. The molecule has 0 spiro atoms. The molecule has 0 unspecified atom stereocenters. The van der Waals surface area contributed by atoms with Crippen LogP contribution in [-0.2, 0) is 13.2 Å². The normalized spacial score (nSPS) is 10.8. The van der Waals surface area contributed by atoms with Crippen molar-refractivity contribution in [3.8, 4) is 5.75 Å². The summed E-state index contributed by atoms with van der Waals surface area (Å²) in [4.78, 5) is 13.2. The van der Waals surface area contributed by atoms with Crippen LogP contribution in [0.1, 0.15) is 31.9 Å². The molecule has 2 heterocycles. The number of nitrogens with zero attached hydrogens (tertiary/aromatic N) is 2. The standard InChI is InChI=1S/C24H22FN3O2S/c1-16-7-8-22(17(2)9-16)30-14-18-10-23(31-15-18)24(29)27-20-11-26-28(13-20)12-19-5-3-4-6-21(19)25/h3-11,13,15H,12,14H2,1-2H3,(H,27,29). The first kappa shape index (κ1) is 20.8. The van der Waals surface area contributed by atoms with Gasteiger partial charge in [0.25, 0.3) is 5.91 Å². The van der Waals surface area contributed by atoms with E-state index < -0.39 is 0 Å². The van der Waals surface area contributed by atoms with Crippen molar-refractivity contribution in [1.82, 2.24) is 9.78 Å². The summed E-state index contributed by atoms with van der Waals surface area (Å²) in [5, 5.41) is 8.95. The van der Waals surface area contributed by atoms with Crippen LogP contribution in [0.15, 0.2) is 66.3 Å². The Morgan fingerprint density at radius 2 is 2.03 bits per heavy atom. The molecular weight excluding hydrogens is 413 g/mol. The Balaban J connectivity index is 1.35.